The Balaban J connectivity index is 2.19. The molecule has 0 radical (unpaired) electrons. The molecular weight excluding hydrogens is 205 g/mol. The van der Waals surface area contributed by atoms with Crippen LogP contribution in [-0.2, 0) is 0 Å². The number of nitrogens with zero attached hydrogens (tertiary/aromatic N) is 1. The molecule has 0 aromatic carbocycles. The summed E-state index contributed by atoms with van der Waals surface area (Å²) in [6, 6.07) is 0.198. The zero-order chi connectivity index (χ0) is 11.5. The van der Waals surface area contributed by atoms with Crippen LogP contribution in [0.4, 0.5) is 13.2 Å². The molecule has 0 heterocycles. The molecule has 5 heteroatoms. The molecular formula is C10H19F3N2. The van der Waals surface area contributed by atoms with Crippen LogP contribution < -0.4 is 5.73 Å². The number of alkyl halides is 3. The molecule has 0 amide bonds. The molecule has 2 atom stereocenters. The van der Waals surface area contributed by atoms with Crippen LogP contribution in [0.1, 0.15) is 25.7 Å². The quantitative estimate of drug-likeness (QED) is 0.791. The van der Waals surface area contributed by atoms with E-state index in [4.69, 9.17) is 5.73 Å². The number of hydrogen-bond donors (Lipinski definition) is 1. The fraction of sp³-hybridized carbons (Fsp3) is 1.00. The van der Waals surface area contributed by atoms with Crippen LogP contribution in [0, 0.1) is 5.92 Å². The third-order valence-electron chi connectivity index (χ3n) is 3.05. The monoisotopic (exact) mass is 224 g/mol. The summed E-state index contributed by atoms with van der Waals surface area (Å²) in [5, 5.41) is 0. The van der Waals surface area contributed by atoms with Gasteiger partial charge in [0.05, 0.1) is 6.54 Å². The molecule has 2 N–H and O–H groups in total. The van der Waals surface area contributed by atoms with E-state index in [-0.39, 0.29) is 6.04 Å². The van der Waals surface area contributed by atoms with E-state index < -0.39 is 12.7 Å². The SMILES string of the molecule is CN(CCC1CCCC1N)CC(F)(F)F. The van der Waals surface area contributed by atoms with Gasteiger partial charge in [0.25, 0.3) is 0 Å². The molecule has 0 bridgehead atoms. The summed E-state index contributed by atoms with van der Waals surface area (Å²) in [5.41, 5.74) is 5.85. The average Bonchev–Trinajstić information content (AvgIpc) is 2.44. The number of nitrogens with two attached hydrogens (primary N) is 1. The van der Waals surface area contributed by atoms with Crippen molar-refractivity contribution in [2.45, 2.75) is 37.9 Å². The first-order valence-electron chi connectivity index (χ1n) is 5.39. The molecule has 2 unspecified atom stereocenters. The summed E-state index contributed by atoms with van der Waals surface area (Å²) in [5.74, 6) is 0.417. The van der Waals surface area contributed by atoms with Crippen LogP contribution in [-0.4, -0.2) is 37.3 Å². The molecule has 1 aliphatic carbocycles. The number of rotatable bonds is 4. The Bertz CT molecular complexity index is 194. The van der Waals surface area contributed by atoms with E-state index in [0.29, 0.717) is 12.5 Å². The highest BCUT2D eigenvalue weighted by Gasteiger charge is 2.30. The third kappa shape index (κ3) is 4.84. The van der Waals surface area contributed by atoms with Crippen molar-refractivity contribution in [3.8, 4) is 0 Å². The minimum Gasteiger partial charge on any atom is -0.327 e. The minimum absolute atomic E-state index is 0.198. The summed E-state index contributed by atoms with van der Waals surface area (Å²) in [6.07, 6.45) is -0.0935. The van der Waals surface area contributed by atoms with Crippen LogP contribution in [0.3, 0.4) is 0 Å². The highest BCUT2D eigenvalue weighted by atomic mass is 19.4. The Labute approximate surface area is 88.6 Å². The molecule has 0 spiro atoms. The highest BCUT2D eigenvalue weighted by molar-refractivity contribution is 4.80. The van der Waals surface area contributed by atoms with Gasteiger partial charge < -0.3 is 5.73 Å². The summed E-state index contributed by atoms with van der Waals surface area (Å²) >= 11 is 0. The van der Waals surface area contributed by atoms with Gasteiger partial charge in [-0.1, -0.05) is 6.42 Å². The summed E-state index contributed by atoms with van der Waals surface area (Å²) in [7, 11) is 1.51. The largest absolute Gasteiger partial charge is 0.401 e. The number of halogens is 3. The standard InChI is InChI=1S/C10H19F3N2/c1-15(7-10(11,12)13)6-5-8-3-2-4-9(8)14/h8-9H,2-7,14H2,1H3. The van der Waals surface area contributed by atoms with Gasteiger partial charge in [-0.3, -0.25) is 4.90 Å². The maximum absolute atomic E-state index is 12.0. The molecule has 1 saturated carbocycles. The minimum atomic E-state index is -4.09. The van der Waals surface area contributed by atoms with E-state index in [1.807, 2.05) is 0 Å². The maximum atomic E-state index is 12.0. The van der Waals surface area contributed by atoms with Gasteiger partial charge in [-0.05, 0) is 38.8 Å². The molecule has 90 valence electrons. The van der Waals surface area contributed by atoms with Crippen molar-refractivity contribution in [2.75, 3.05) is 20.1 Å². The zero-order valence-electron chi connectivity index (χ0n) is 9.06. The van der Waals surface area contributed by atoms with Gasteiger partial charge in [-0.15, -0.1) is 0 Å². The Hall–Kier alpha value is -0.290. The van der Waals surface area contributed by atoms with E-state index in [1.165, 1.54) is 11.9 Å². The van der Waals surface area contributed by atoms with Crippen LogP contribution in [0.25, 0.3) is 0 Å². The molecule has 0 aromatic rings. The van der Waals surface area contributed by atoms with Crippen molar-refractivity contribution in [2.24, 2.45) is 11.7 Å². The van der Waals surface area contributed by atoms with Crippen molar-refractivity contribution in [3.05, 3.63) is 0 Å². The number of hydrogen-bond acceptors (Lipinski definition) is 2. The lowest BCUT2D eigenvalue weighted by Crippen LogP contribution is -2.34. The van der Waals surface area contributed by atoms with Gasteiger partial charge in [0.15, 0.2) is 0 Å². The van der Waals surface area contributed by atoms with E-state index >= 15 is 0 Å². The maximum Gasteiger partial charge on any atom is 0.401 e. The lowest BCUT2D eigenvalue weighted by atomic mass is 10.0. The van der Waals surface area contributed by atoms with Crippen LogP contribution >= 0.6 is 0 Å². The molecule has 0 saturated heterocycles. The lowest BCUT2D eigenvalue weighted by Gasteiger charge is -2.22. The topological polar surface area (TPSA) is 29.3 Å². The first-order valence-corrected chi connectivity index (χ1v) is 5.39. The fourth-order valence-electron chi connectivity index (χ4n) is 2.20. The Morgan fingerprint density at radius 2 is 2.00 bits per heavy atom. The molecule has 1 fully saturated rings. The van der Waals surface area contributed by atoms with Gasteiger partial charge in [-0.2, -0.15) is 13.2 Å². The summed E-state index contributed by atoms with van der Waals surface area (Å²) in [4.78, 5) is 1.32. The Morgan fingerprint density at radius 1 is 1.33 bits per heavy atom. The van der Waals surface area contributed by atoms with E-state index in [1.54, 1.807) is 0 Å². The van der Waals surface area contributed by atoms with Gasteiger partial charge in [-0.25, -0.2) is 0 Å². The molecule has 0 aromatic heterocycles. The van der Waals surface area contributed by atoms with E-state index in [0.717, 1.165) is 25.7 Å². The van der Waals surface area contributed by atoms with Crippen molar-refractivity contribution < 1.29 is 13.2 Å². The van der Waals surface area contributed by atoms with E-state index in [9.17, 15) is 13.2 Å². The molecule has 15 heavy (non-hydrogen) atoms. The van der Waals surface area contributed by atoms with Gasteiger partial charge in [0.1, 0.15) is 0 Å². The average molecular weight is 224 g/mol. The molecule has 1 aliphatic rings. The fourth-order valence-corrected chi connectivity index (χ4v) is 2.20. The first kappa shape index (κ1) is 12.8. The molecule has 1 rings (SSSR count). The normalized spacial score (nSPS) is 27.6. The predicted molar refractivity (Wildman–Crippen MR) is 53.5 cm³/mol. The van der Waals surface area contributed by atoms with Crippen LogP contribution in [0.2, 0.25) is 0 Å². The third-order valence-corrected chi connectivity index (χ3v) is 3.05. The molecule has 0 aliphatic heterocycles. The van der Waals surface area contributed by atoms with Crippen molar-refractivity contribution in [1.29, 1.82) is 0 Å². The van der Waals surface area contributed by atoms with Gasteiger partial charge in [0, 0.05) is 6.04 Å². The van der Waals surface area contributed by atoms with Crippen LogP contribution in [0.5, 0.6) is 0 Å². The van der Waals surface area contributed by atoms with Crippen molar-refractivity contribution in [3.63, 3.8) is 0 Å². The summed E-state index contributed by atoms with van der Waals surface area (Å²) < 4.78 is 36.1. The Morgan fingerprint density at radius 3 is 2.47 bits per heavy atom. The smallest absolute Gasteiger partial charge is 0.327 e. The van der Waals surface area contributed by atoms with Crippen LogP contribution in [0.15, 0.2) is 0 Å². The summed E-state index contributed by atoms with van der Waals surface area (Å²) in [6.45, 7) is -0.340. The highest BCUT2D eigenvalue weighted by Crippen LogP contribution is 2.27. The van der Waals surface area contributed by atoms with Gasteiger partial charge >= 0.3 is 6.18 Å². The second-order valence-corrected chi connectivity index (χ2v) is 4.50. The zero-order valence-corrected chi connectivity index (χ0v) is 9.06. The first-order chi connectivity index (χ1) is 6.88. The van der Waals surface area contributed by atoms with Gasteiger partial charge in [0.2, 0.25) is 0 Å². The van der Waals surface area contributed by atoms with Crippen molar-refractivity contribution in [1.82, 2.24) is 4.90 Å². The Kier molecular flexibility index (Phi) is 4.40. The molecule has 2 nitrogen and oxygen atoms in total. The second-order valence-electron chi connectivity index (χ2n) is 4.50. The van der Waals surface area contributed by atoms with Crippen molar-refractivity contribution >= 4 is 0 Å². The van der Waals surface area contributed by atoms with E-state index in [2.05, 4.69) is 0 Å². The predicted octanol–water partition coefficient (Wildman–Crippen LogP) is 2.00. The lowest BCUT2D eigenvalue weighted by molar-refractivity contribution is -0.143. The second kappa shape index (κ2) is 5.16.